The summed E-state index contributed by atoms with van der Waals surface area (Å²) in [7, 11) is 0. The van der Waals surface area contributed by atoms with Crippen molar-refractivity contribution in [1.29, 1.82) is 0 Å². The van der Waals surface area contributed by atoms with Crippen molar-refractivity contribution in [1.82, 2.24) is 5.43 Å². The molecule has 0 radical (unpaired) electrons. The SMILES string of the molecule is Cc1c(C(=O)Nc2ccc(N=Nc3ccccc3)cc2)oc2c1/C(=N/NC(=O)c1ccccc1O)CCC2. The zero-order chi connectivity index (χ0) is 26.5. The van der Waals surface area contributed by atoms with Crippen molar-refractivity contribution in [2.24, 2.45) is 15.3 Å². The Kier molecular flexibility index (Phi) is 7.08. The maximum atomic E-state index is 13.1. The van der Waals surface area contributed by atoms with Gasteiger partial charge in [0.25, 0.3) is 11.8 Å². The number of phenols is 1. The van der Waals surface area contributed by atoms with Crippen LogP contribution in [0.3, 0.4) is 0 Å². The number of carbonyl (C=O) groups excluding carboxylic acids is 2. The van der Waals surface area contributed by atoms with E-state index in [2.05, 4.69) is 26.1 Å². The fraction of sp³-hybridized carbons (Fsp3) is 0.138. The molecule has 0 unspecified atom stereocenters. The van der Waals surface area contributed by atoms with Crippen LogP contribution >= 0.6 is 0 Å². The average molecular weight is 508 g/mol. The van der Waals surface area contributed by atoms with Crippen LogP contribution in [-0.4, -0.2) is 22.6 Å². The van der Waals surface area contributed by atoms with Gasteiger partial charge < -0.3 is 14.8 Å². The molecule has 3 aromatic carbocycles. The summed E-state index contributed by atoms with van der Waals surface area (Å²) in [6, 6.07) is 22.7. The number of fused-ring (bicyclic) bond motifs is 1. The highest BCUT2D eigenvalue weighted by atomic mass is 16.4. The molecular weight excluding hydrogens is 482 g/mol. The Morgan fingerprint density at radius 1 is 0.842 bits per heavy atom. The number of nitrogens with one attached hydrogen (secondary N) is 2. The molecule has 0 saturated heterocycles. The molecule has 1 aromatic heterocycles. The van der Waals surface area contributed by atoms with Crippen LogP contribution in [-0.2, 0) is 6.42 Å². The molecule has 4 aromatic rings. The number of furan rings is 1. The third kappa shape index (κ3) is 5.36. The van der Waals surface area contributed by atoms with Gasteiger partial charge in [0.15, 0.2) is 5.76 Å². The number of nitrogens with zero attached hydrogens (tertiary/aromatic N) is 3. The van der Waals surface area contributed by atoms with Crippen molar-refractivity contribution < 1.29 is 19.1 Å². The van der Waals surface area contributed by atoms with Crippen LogP contribution in [0.2, 0.25) is 0 Å². The van der Waals surface area contributed by atoms with E-state index in [9.17, 15) is 14.7 Å². The number of benzene rings is 3. The van der Waals surface area contributed by atoms with Gasteiger partial charge in [-0.1, -0.05) is 30.3 Å². The van der Waals surface area contributed by atoms with E-state index in [0.29, 0.717) is 41.3 Å². The number of hydrogen-bond donors (Lipinski definition) is 3. The molecule has 38 heavy (non-hydrogen) atoms. The van der Waals surface area contributed by atoms with E-state index in [-0.39, 0.29) is 23.0 Å². The van der Waals surface area contributed by atoms with Gasteiger partial charge in [0.05, 0.1) is 22.6 Å². The molecule has 5 rings (SSSR count). The summed E-state index contributed by atoms with van der Waals surface area (Å²) < 4.78 is 5.94. The monoisotopic (exact) mass is 507 g/mol. The van der Waals surface area contributed by atoms with Crippen LogP contribution in [0.4, 0.5) is 17.1 Å². The molecule has 0 fully saturated rings. The van der Waals surface area contributed by atoms with Crippen molar-refractivity contribution in [3.63, 3.8) is 0 Å². The van der Waals surface area contributed by atoms with Crippen LogP contribution in [0.5, 0.6) is 5.75 Å². The molecule has 2 amide bonds. The molecule has 0 saturated carbocycles. The smallest absolute Gasteiger partial charge is 0.291 e. The Morgan fingerprint density at radius 2 is 1.53 bits per heavy atom. The Labute approximate surface area is 218 Å². The van der Waals surface area contributed by atoms with Crippen molar-refractivity contribution in [2.75, 3.05) is 5.32 Å². The third-order valence-electron chi connectivity index (χ3n) is 6.14. The van der Waals surface area contributed by atoms with Crippen LogP contribution in [0.25, 0.3) is 0 Å². The fourth-order valence-electron chi connectivity index (χ4n) is 4.25. The average Bonchev–Trinajstić information content (AvgIpc) is 3.29. The lowest BCUT2D eigenvalue weighted by atomic mass is 9.93. The summed E-state index contributed by atoms with van der Waals surface area (Å²) in [5.41, 5.74) is 6.65. The second kappa shape index (κ2) is 10.9. The molecule has 1 heterocycles. The highest BCUT2D eigenvalue weighted by molar-refractivity contribution is 6.09. The van der Waals surface area contributed by atoms with Gasteiger partial charge in [0.2, 0.25) is 0 Å². The number of amides is 2. The third-order valence-corrected chi connectivity index (χ3v) is 6.14. The van der Waals surface area contributed by atoms with Gasteiger partial charge in [-0.15, -0.1) is 0 Å². The second-order valence-corrected chi connectivity index (χ2v) is 8.76. The summed E-state index contributed by atoms with van der Waals surface area (Å²) in [5.74, 6) is -0.169. The lowest BCUT2D eigenvalue weighted by Gasteiger charge is -2.13. The van der Waals surface area contributed by atoms with E-state index in [0.717, 1.165) is 17.7 Å². The first-order chi connectivity index (χ1) is 18.5. The highest BCUT2D eigenvalue weighted by Gasteiger charge is 2.28. The first-order valence-electron chi connectivity index (χ1n) is 12.2. The number of rotatable bonds is 6. The summed E-state index contributed by atoms with van der Waals surface area (Å²) in [6.45, 7) is 1.80. The standard InChI is InChI=1S/C29H25N5O4/c1-18-26-23(33-34-28(36)22-10-5-6-12-24(22)35)11-7-13-25(26)38-27(18)29(37)30-19-14-16-21(17-15-19)32-31-20-8-3-2-4-9-20/h2-6,8-10,12,14-17,35H,7,11,13H2,1H3,(H,30,37)(H,34,36)/b32-31?,33-23+. The summed E-state index contributed by atoms with van der Waals surface area (Å²) in [5, 5.41) is 25.5. The zero-order valence-electron chi connectivity index (χ0n) is 20.6. The molecule has 9 nitrogen and oxygen atoms in total. The number of aromatic hydroxyl groups is 1. The summed E-state index contributed by atoms with van der Waals surface area (Å²) in [6.07, 6.45) is 2.05. The number of aryl methyl sites for hydroxylation is 1. The van der Waals surface area contributed by atoms with Gasteiger partial charge in [-0.3, -0.25) is 9.59 Å². The molecule has 0 aliphatic heterocycles. The zero-order valence-corrected chi connectivity index (χ0v) is 20.6. The lowest BCUT2D eigenvalue weighted by Crippen LogP contribution is -2.22. The van der Waals surface area contributed by atoms with E-state index in [4.69, 9.17) is 4.42 Å². The second-order valence-electron chi connectivity index (χ2n) is 8.76. The van der Waals surface area contributed by atoms with E-state index < -0.39 is 5.91 Å². The largest absolute Gasteiger partial charge is 0.507 e. The number of hydrogen-bond acceptors (Lipinski definition) is 7. The van der Waals surface area contributed by atoms with Gasteiger partial charge in [-0.25, -0.2) is 5.43 Å². The number of anilines is 1. The number of azo groups is 1. The van der Waals surface area contributed by atoms with Crippen LogP contribution < -0.4 is 10.7 Å². The van der Waals surface area contributed by atoms with E-state index >= 15 is 0 Å². The van der Waals surface area contributed by atoms with Crippen molar-refractivity contribution >= 4 is 34.6 Å². The van der Waals surface area contributed by atoms with Crippen molar-refractivity contribution in [2.45, 2.75) is 26.2 Å². The molecule has 3 N–H and O–H groups in total. The summed E-state index contributed by atoms with van der Waals surface area (Å²) >= 11 is 0. The molecule has 0 atom stereocenters. The van der Waals surface area contributed by atoms with Crippen molar-refractivity contribution in [3.05, 3.63) is 107 Å². The Bertz CT molecular complexity index is 1540. The predicted octanol–water partition coefficient (Wildman–Crippen LogP) is 6.43. The topological polar surface area (TPSA) is 129 Å². The maximum Gasteiger partial charge on any atom is 0.291 e. The van der Waals surface area contributed by atoms with Crippen molar-refractivity contribution in [3.8, 4) is 5.75 Å². The number of hydrazone groups is 1. The van der Waals surface area contributed by atoms with Crippen LogP contribution in [0.15, 0.2) is 98.6 Å². The minimum Gasteiger partial charge on any atom is -0.507 e. The normalized spacial score (nSPS) is 13.9. The minimum absolute atomic E-state index is 0.125. The van der Waals surface area contributed by atoms with Gasteiger partial charge in [0, 0.05) is 23.2 Å². The van der Waals surface area contributed by atoms with Crippen LogP contribution in [0.1, 0.15) is 50.6 Å². The minimum atomic E-state index is -0.520. The fourth-order valence-corrected chi connectivity index (χ4v) is 4.25. The summed E-state index contributed by atoms with van der Waals surface area (Å²) in [4.78, 5) is 25.5. The quantitative estimate of drug-likeness (QED) is 0.205. The molecule has 9 heteroatoms. The van der Waals surface area contributed by atoms with Gasteiger partial charge in [0.1, 0.15) is 11.5 Å². The lowest BCUT2D eigenvalue weighted by molar-refractivity contribution is 0.0950. The Morgan fingerprint density at radius 3 is 2.26 bits per heavy atom. The molecule has 0 spiro atoms. The molecule has 190 valence electrons. The number of carbonyl (C=O) groups is 2. The molecular formula is C29H25N5O4. The van der Waals surface area contributed by atoms with Gasteiger partial charge >= 0.3 is 0 Å². The highest BCUT2D eigenvalue weighted by Crippen LogP contribution is 2.31. The molecule has 1 aliphatic carbocycles. The van der Waals surface area contributed by atoms with E-state index in [1.807, 2.05) is 30.3 Å². The maximum absolute atomic E-state index is 13.1. The number of para-hydroxylation sites is 1. The molecule has 0 bridgehead atoms. The Balaban J connectivity index is 1.29. The first-order valence-corrected chi connectivity index (χ1v) is 12.2. The van der Waals surface area contributed by atoms with Gasteiger partial charge in [-0.2, -0.15) is 15.3 Å². The van der Waals surface area contributed by atoms with E-state index in [1.54, 1.807) is 43.3 Å². The molecule has 1 aliphatic rings. The van der Waals surface area contributed by atoms with E-state index in [1.165, 1.54) is 12.1 Å². The van der Waals surface area contributed by atoms with Gasteiger partial charge in [-0.05, 0) is 68.3 Å². The van der Waals surface area contributed by atoms with Crippen LogP contribution in [0, 0.1) is 6.92 Å². The Hall–Kier alpha value is -5.05. The first kappa shape index (κ1) is 24.6. The predicted molar refractivity (Wildman–Crippen MR) is 144 cm³/mol. The number of phenolic OH excluding ortho intramolecular Hbond substituents is 1.